The van der Waals surface area contributed by atoms with E-state index in [1.165, 1.54) is 0 Å². The van der Waals surface area contributed by atoms with Gasteiger partial charge in [0.05, 0.1) is 0 Å². The monoisotopic (exact) mass is 161 g/mol. The van der Waals surface area contributed by atoms with E-state index in [1.807, 2.05) is 0 Å². The molecule has 0 heterocycles. The third-order valence-corrected chi connectivity index (χ3v) is 1.25. The van der Waals surface area contributed by atoms with Crippen LogP contribution < -0.4 is 5.73 Å². The zero-order chi connectivity index (χ0) is 8.85. The van der Waals surface area contributed by atoms with Crippen LogP contribution in [0.1, 0.15) is 12.8 Å². The Bertz CT molecular complexity index is 148. The Labute approximate surface area is 63.8 Å². The van der Waals surface area contributed by atoms with Gasteiger partial charge in [-0.1, -0.05) is 0 Å². The Kier molecular flexibility index (Phi) is 4.40. The predicted molar refractivity (Wildman–Crippen MR) is 36.9 cm³/mol. The number of carbonyl (C=O) groups excluding carboxylic acids is 1. The van der Waals surface area contributed by atoms with Crippen molar-refractivity contribution in [1.82, 2.24) is 0 Å². The fourth-order valence-electron chi connectivity index (χ4n) is 0.542. The molecule has 4 N–H and O–H groups in total. The maximum Gasteiger partial charge on any atom is 0.320 e. The number of aliphatic hydroxyl groups excluding tert-OH is 1. The molecule has 64 valence electrons. The standard InChI is InChI=1S/C6H11NO4/c7-5(6(10)11)2-1-4(9)3-8/h3-5,9H,1-2,7H2,(H,10,11). The summed E-state index contributed by atoms with van der Waals surface area (Å²) in [4.78, 5) is 20.0. The molecule has 5 nitrogen and oxygen atoms in total. The van der Waals surface area contributed by atoms with Crippen molar-refractivity contribution in [2.75, 3.05) is 0 Å². The van der Waals surface area contributed by atoms with Crippen molar-refractivity contribution in [3.63, 3.8) is 0 Å². The number of rotatable bonds is 5. The Balaban J connectivity index is 3.53. The first-order chi connectivity index (χ1) is 5.07. The number of carboxylic acid groups (broad SMARTS) is 1. The Morgan fingerprint density at radius 1 is 1.55 bits per heavy atom. The smallest absolute Gasteiger partial charge is 0.320 e. The van der Waals surface area contributed by atoms with Gasteiger partial charge < -0.3 is 20.7 Å². The highest BCUT2D eigenvalue weighted by Crippen LogP contribution is 1.97. The third-order valence-electron chi connectivity index (χ3n) is 1.25. The molecule has 5 heteroatoms. The Hall–Kier alpha value is -0.940. The van der Waals surface area contributed by atoms with Crippen LogP contribution >= 0.6 is 0 Å². The number of carboxylic acids is 1. The predicted octanol–water partition coefficient (Wildman–Crippen LogP) is -1.26. The zero-order valence-corrected chi connectivity index (χ0v) is 5.93. The van der Waals surface area contributed by atoms with Crippen LogP contribution in [0.15, 0.2) is 0 Å². The third kappa shape index (κ3) is 4.46. The normalized spacial score (nSPS) is 15.5. The van der Waals surface area contributed by atoms with Crippen LogP contribution in [0, 0.1) is 0 Å². The van der Waals surface area contributed by atoms with E-state index in [4.69, 9.17) is 15.9 Å². The second kappa shape index (κ2) is 4.81. The molecule has 0 rings (SSSR count). The van der Waals surface area contributed by atoms with Crippen LogP contribution in [0.2, 0.25) is 0 Å². The van der Waals surface area contributed by atoms with E-state index >= 15 is 0 Å². The molecule has 0 aliphatic rings. The quantitative estimate of drug-likeness (QED) is 0.437. The fraction of sp³-hybridized carbons (Fsp3) is 0.667. The van der Waals surface area contributed by atoms with E-state index in [0.717, 1.165) is 0 Å². The highest BCUT2D eigenvalue weighted by atomic mass is 16.4. The lowest BCUT2D eigenvalue weighted by Gasteiger charge is -2.06. The molecule has 0 aliphatic heterocycles. The number of hydrogen-bond acceptors (Lipinski definition) is 4. The van der Waals surface area contributed by atoms with Gasteiger partial charge in [0, 0.05) is 0 Å². The number of aldehydes is 1. The Morgan fingerprint density at radius 3 is 2.45 bits per heavy atom. The van der Waals surface area contributed by atoms with Crippen molar-refractivity contribution in [3.8, 4) is 0 Å². The van der Waals surface area contributed by atoms with Crippen LogP contribution in [0.3, 0.4) is 0 Å². The average molecular weight is 161 g/mol. The summed E-state index contributed by atoms with van der Waals surface area (Å²) in [5.74, 6) is -1.12. The number of nitrogens with two attached hydrogens (primary N) is 1. The van der Waals surface area contributed by atoms with E-state index in [2.05, 4.69) is 0 Å². The summed E-state index contributed by atoms with van der Waals surface area (Å²) in [5.41, 5.74) is 5.09. The molecule has 0 aromatic rings. The summed E-state index contributed by atoms with van der Waals surface area (Å²) in [6, 6.07) is -0.996. The van der Waals surface area contributed by atoms with Crippen LogP contribution in [0.25, 0.3) is 0 Å². The highest BCUT2D eigenvalue weighted by Gasteiger charge is 2.12. The highest BCUT2D eigenvalue weighted by molar-refractivity contribution is 5.73. The first-order valence-electron chi connectivity index (χ1n) is 3.19. The number of hydrogen-bond donors (Lipinski definition) is 3. The summed E-state index contributed by atoms with van der Waals surface area (Å²) >= 11 is 0. The van der Waals surface area contributed by atoms with Crippen molar-refractivity contribution < 1.29 is 19.8 Å². The van der Waals surface area contributed by atoms with Gasteiger partial charge in [-0.2, -0.15) is 0 Å². The first-order valence-corrected chi connectivity index (χ1v) is 3.19. The maximum absolute atomic E-state index is 10.1. The molecule has 0 aromatic heterocycles. The van der Waals surface area contributed by atoms with Crippen molar-refractivity contribution in [1.29, 1.82) is 0 Å². The van der Waals surface area contributed by atoms with E-state index in [0.29, 0.717) is 6.29 Å². The van der Waals surface area contributed by atoms with Crippen LogP contribution in [0.5, 0.6) is 0 Å². The average Bonchev–Trinajstić information content (AvgIpc) is 1.99. The molecular formula is C6H11NO4. The maximum atomic E-state index is 10.1. The number of aliphatic hydroxyl groups is 1. The molecule has 0 aliphatic carbocycles. The van der Waals surface area contributed by atoms with Gasteiger partial charge in [0.15, 0.2) is 0 Å². The molecule has 0 fully saturated rings. The summed E-state index contributed by atoms with van der Waals surface area (Å²) in [6.07, 6.45) is -0.541. The van der Waals surface area contributed by atoms with Gasteiger partial charge in [-0.25, -0.2) is 0 Å². The topological polar surface area (TPSA) is 101 Å². The van der Waals surface area contributed by atoms with Crippen LogP contribution in [-0.2, 0) is 9.59 Å². The van der Waals surface area contributed by atoms with E-state index in [9.17, 15) is 9.59 Å². The summed E-state index contributed by atoms with van der Waals surface area (Å²) in [6.45, 7) is 0. The Morgan fingerprint density at radius 2 is 2.09 bits per heavy atom. The summed E-state index contributed by atoms with van der Waals surface area (Å²) < 4.78 is 0. The minimum atomic E-state index is -1.12. The lowest BCUT2D eigenvalue weighted by atomic mass is 10.1. The lowest BCUT2D eigenvalue weighted by Crippen LogP contribution is -2.31. The first kappa shape index (κ1) is 10.1. The molecule has 0 spiro atoms. The van der Waals surface area contributed by atoms with Gasteiger partial charge in [-0.05, 0) is 12.8 Å². The molecular weight excluding hydrogens is 150 g/mol. The van der Waals surface area contributed by atoms with Crippen molar-refractivity contribution in [3.05, 3.63) is 0 Å². The molecule has 0 radical (unpaired) electrons. The zero-order valence-electron chi connectivity index (χ0n) is 5.93. The summed E-state index contributed by atoms with van der Waals surface area (Å²) in [5, 5.41) is 16.9. The van der Waals surface area contributed by atoms with E-state index in [-0.39, 0.29) is 12.8 Å². The second-order valence-electron chi connectivity index (χ2n) is 2.23. The molecule has 0 saturated heterocycles. The van der Waals surface area contributed by atoms with E-state index in [1.54, 1.807) is 0 Å². The summed E-state index contributed by atoms with van der Waals surface area (Å²) in [7, 11) is 0. The largest absolute Gasteiger partial charge is 0.480 e. The minimum absolute atomic E-state index is 0.0942. The lowest BCUT2D eigenvalue weighted by molar-refractivity contribution is -0.139. The van der Waals surface area contributed by atoms with Gasteiger partial charge in [0.1, 0.15) is 18.4 Å². The second-order valence-corrected chi connectivity index (χ2v) is 2.23. The molecule has 0 bridgehead atoms. The number of aliphatic carboxylic acids is 1. The number of carbonyl (C=O) groups is 2. The minimum Gasteiger partial charge on any atom is -0.480 e. The molecule has 11 heavy (non-hydrogen) atoms. The van der Waals surface area contributed by atoms with Gasteiger partial charge in [0.25, 0.3) is 0 Å². The SMILES string of the molecule is NC(CCC(O)C=O)C(=O)O. The van der Waals surface area contributed by atoms with Gasteiger partial charge in [0.2, 0.25) is 0 Å². The molecule has 0 aromatic carbocycles. The van der Waals surface area contributed by atoms with Gasteiger partial charge >= 0.3 is 5.97 Å². The fourth-order valence-corrected chi connectivity index (χ4v) is 0.542. The van der Waals surface area contributed by atoms with Gasteiger partial charge in [-0.3, -0.25) is 4.79 Å². The van der Waals surface area contributed by atoms with Crippen LogP contribution in [0.4, 0.5) is 0 Å². The van der Waals surface area contributed by atoms with Crippen molar-refractivity contribution in [2.24, 2.45) is 5.73 Å². The molecule has 0 amide bonds. The molecule has 2 unspecified atom stereocenters. The van der Waals surface area contributed by atoms with E-state index < -0.39 is 18.1 Å². The van der Waals surface area contributed by atoms with Crippen molar-refractivity contribution >= 4 is 12.3 Å². The molecule has 0 saturated carbocycles. The molecule has 2 atom stereocenters. The van der Waals surface area contributed by atoms with Gasteiger partial charge in [-0.15, -0.1) is 0 Å². The van der Waals surface area contributed by atoms with Crippen LogP contribution in [-0.4, -0.2) is 34.6 Å². The van der Waals surface area contributed by atoms with Crippen molar-refractivity contribution in [2.45, 2.75) is 25.0 Å².